The van der Waals surface area contributed by atoms with Crippen molar-refractivity contribution in [3.63, 3.8) is 0 Å². The van der Waals surface area contributed by atoms with E-state index in [4.69, 9.17) is 5.73 Å². The predicted molar refractivity (Wildman–Crippen MR) is 75.1 cm³/mol. The van der Waals surface area contributed by atoms with Crippen LogP contribution in [0.1, 0.15) is 41.7 Å². The normalized spacial score (nSPS) is 11.6. The van der Waals surface area contributed by atoms with Crippen LogP contribution in [-0.2, 0) is 5.41 Å². The van der Waals surface area contributed by atoms with E-state index in [0.29, 0.717) is 21.3 Å². The van der Waals surface area contributed by atoms with Crippen molar-refractivity contribution in [3.05, 3.63) is 46.2 Å². The number of benzene rings is 1. The van der Waals surface area contributed by atoms with Crippen LogP contribution >= 0.6 is 11.3 Å². The highest BCUT2D eigenvalue weighted by atomic mass is 32.1. The number of anilines is 1. The number of nitrogens with zero attached hydrogens (tertiary/aromatic N) is 1. The highest BCUT2D eigenvalue weighted by molar-refractivity contribution is 7.17. The molecule has 0 bridgehead atoms. The van der Waals surface area contributed by atoms with Gasteiger partial charge >= 0.3 is 0 Å². The quantitative estimate of drug-likeness (QED) is 0.857. The summed E-state index contributed by atoms with van der Waals surface area (Å²) in [6, 6.07) is 5.49. The summed E-state index contributed by atoms with van der Waals surface area (Å²) in [5.74, 6) is -0.532. The Morgan fingerprint density at radius 3 is 2.37 bits per heavy atom. The summed E-state index contributed by atoms with van der Waals surface area (Å²) in [5.41, 5.74) is 6.57. The Bertz CT molecular complexity index is 611. The van der Waals surface area contributed by atoms with Crippen molar-refractivity contribution in [1.29, 1.82) is 0 Å². The van der Waals surface area contributed by atoms with Crippen molar-refractivity contribution in [2.45, 2.75) is 26.2 Å². The third kappa shape index (κ3) is 2.81. The van der Waals surface area contributed by atoms with E-state index in [9.17, 15) is 9.18 Å². The van der Waals surface area contributed by atoms with Gasteiger partial charge in [0.2, 0.25) is 5.78 Å². The van der Waals surface area contributed by atoms with Gasteiger partial charge in [-0.3, -0.25) is 4.79 Å². The van der Waals surface area contributed by atoms with E-state index in [1.807, 2.05) is 20.8 Å². The van der Waals surface area contributed by atoms with Gasteiger partial charge in [-0.1, -0.05) is 32.1 Å². The van der Waals surface area contributed by atoms with E-state index in [-0.39, 0.29) is 17.0 Å². The van der Waals surface area contributed by atoms with Crippen LogP contribution in [0.3, 0.4) is 0 Å². The summed E-state index contributed by atoms with van der Waals surface area (Å²) in [6.45, 7) is 5.93. The van der Waals surface area contributed by atoms with Crippen molar-refractivity contribution in [2.75, 3.05) is 5.73 Å². The van der Waals surface area contributed by atoms with Crippen LogP contribution in [0.2, 0.25) is 0 Å². The lowest BCUT2D eigenvalue weighted by molar-refractivity contribution is 0.104. The minimum absolute atomic E-state index is 0.167. The SMILES string of the molecule is CC(C)(C)c1nc(N)sc1C(=O)c1ccc(F)cc1. The Kier molecular flexibility index (Phi) is 3.41. The van der Waals surface area contributed by atoms with E-state index < -0.39 is 0 Å². The fraction of sp³-hybridized carbons (Fsp3) is 0.286. The number of aromatic nitrogens is 1. The van der Waals surface area contributed by atoms with Gasteiger partial charge in [-0.25, -0.2) is 9.37 Å². The monoisotopic (exact) mass is 278 g/mol. The summed E-state index contributed by atoms with van der Waals surface area (Å²) >= 11 is 1.17. The van der Waals surface area contributed by atoms with Crippen molar-refractivity contribution in [1.82, 2.24) is 4.98 Å². The molecule has 0 unspecified atom stereocenters. The molecule has 100 valence electrons. The van der Waals surface area contributed by atoms with Crippen LogP contribution in [0.25, 0.3) is 0 Å². The molecule has 2 aromatic rings. The van der Waals surface area contributed by atoms with Gasteiger partial charge < -0.3 is 5.73 Å². The molecule has 0 aliphatic heterocycles. The van der Waals surface area contributed by atoms with Gasteiger partial charge in [-0.15, -0.1) is 0 Å². The molecule has 19 heavy (non-hydrogen) atoms. The number of carbonyl (C=O) groups is 1. The first-order valence-corrected chi connectivity index (χ1v) is 6.68. The predicted octanol–water partition coefficient (Wildman–Crippen LogP) is 3.39. The highest BCUT2D eigenvalue weighted by Crippen LogP contribution is 2.32. The number of hydrogen-bond donors (Lipinski definition) is 1. The molecule has 1 aromatic heterocycles. The maximum absolute atomic E-state index is 12.9. The molecule has 0 fully saturated rings. The molecule has 0 amide bonds. The average molecular weight is 278 g/mol. The summed E-state index contributed by atoms with van der Waals surface area (Å²) < 4.78 is 12.9. The number of ketones is 1. The molecule has 0 atom stereocenters. The van der Waals surface area contributed by atoms with Crippen molar-refractivity contribution >= 4 is 22.3 Å². The Labute approximate surface area is 115 Å². The summed E-state index contributed by atoms with van der Waals surface area (Å²) in [6.07, 6.45) is 0. The molecule has 0 aliphatic rings. The van der Waals surface area contributed by atoms with Crippen LogP contribution in [0.15, 0.2) is 24.3 Å². The van der Waals surface area contributed by atoms with Gasteiger partial charge in [0.15, 0.2) is 5.13 Å². The number of nitrogen functional groups attached to an aromatic ring is 1. The zero-order valence-electron chi connectivity index (χ0n) is 11.0. The first kappa shape index (κ1) is 13.7. The molecule has 0 spiro atoms. The zero-order chi connectivity index (χ0) is 14.2. The minimum atomic E-state index is -0.364. The van der Waals surface area contributed by atoms with E-state index in [1.54, 1.807) is 0 Å². The van der Waals surface area contributed by atoms with Gasteiger partial charge in [0.05, 0.1) is 5.69 Å². The van der Waals surface area contributed by atoms with Gasteiger partial charge in [0.1, 0.15) is 10.7 Å². The van der Waals surface area contributed by atoms with Gasteiger partial charge in [-0.2, -0.15) is 0 Å². The smallest absolute Gasteiger partial charge is 0.204 e. The minimum Gasteiger partial charge on any atom is -0.375 e. The number of hydrogen-bond acceptors (Lipinski definition) is 4. The molecule has 2 rings (SSSR count). The van der Waals surface area contributed by atoms with E-state index in [0.717, 1.165) is 0 Å². The van der Waals surface area contributed by atoms with E-state index >= 15 is 0 Å². The van der Waals surface area contributed by atoms with E-state index in [2.05, 4.69) is 4.98 Å². The third-order valence-electron chi connectivity index (χ3n) is 2.67. The average Bonchev–Trinajstić information content (AvgIpc) is 2.71. The first-order valence-electron chi connectivity index (χ1n) is 5.86. The Balaban J connectivity index is 2.47. The van der Waals surface area contributed by atoms with Crippen LogP contribution in [0, 0.1) is 5.82 Å². The maximum atomic E-state index is 12.9. The fourth-order valence-electron chi connectivity index (χ4n) is 1.73. The van der Waals surface area contributed by atoms with Crippen molar-refractivity contribution < 1.29 is 9.18 Å². The molecule has 5 heteroatoms. The molecular weight excluding hydrogens is 263 g/mol. The summed E-state index contributed by atoms with van der Waals surface area (Å²) in [4.78, 5) is 17.2. The summed E-state index contributed by atoms with van der Waals surface area (Å²) in [5, 5.41) is 0.371. The van der Waals surface area contributed by atoms with Crippen LogP contribution in [-0.4, -0.2) is 10.8 Å². The van der Waals surface area contributed by atoms with Gasteiger partial charge in [-0.05, 0) is 24.3 Å². The molecular formula is C14H15FN2OS. The third-order valence-corrected chi connectivity index (χ3v) is 3.55. The standard InChI is InChI=1S/C14H15FN2OS/c1-14(2,3)12-11(19-13(16)17-12)10(18)8-4-6-9(15)7-5-8/h4-7H,1-3H3,(H2,16,17). The molecule has 1 heterocycles. The van der Waals surface area contributed by atoms with Gasteiger partial charge in [0, 0.05) is 11.0 Å². The second-order valence-corrected chi connectivity index (χ2v) is 6.35. The molecule has 0 aliphatic carbocycles. The largest absolute Gasteiger partial charge is 0.375 e. The highest BCUT2D eigenvalue weighted by Gasteiger charge is 2.27. The number of rotatable bonds is 2. The van der Waals surface area contributed by atoms with Crippen LogP contribution in [0.5, 0.6) is 0 Å². The zero-order valence-corrected chi connectivity index (χ0v) is 11.8. The number of halogens is 1. The lowest BCUT2D eigenvalue weighted by atomic mass is 9.90. The number of carbonyl (C=O) groups excluding carboxylic acids is 1. The number of thiazole rings is 1. The van der Waals surface area contributed by atoms with Gasteiger partial charge in [0.25, 0.3) is 0 Å². The van der Waals surface area contributed by atoms with Crippen molar-refractivity contribution in [3.8, 4) is 0 Å². The Morgan fingerprint density at radius 2 is 1.84 bits per heavy atom. The lowest BCUT2D eigenvalue weighted by Crippen LogP contribution is -2.16. The molecule has 0 radical (unpaired) electrons. The topological polar surface area (TPSA) is 56.0 Å². The second-order valence-electron chi connectivity index (χ2n) is 5.32. The maximum Gasteiger partial charge on any atom is 0.204 e. The van der Waals surface area contributed by atoms with Crippen LogP contribution < -0.4 is 5.73 Å². The van der Waals surface area contributed by atoms with Crippen LogP contribution in [0.4, 0.5) is 9.52 Å². The Morgan fingerprint density at radius 1 is 1.26 bits per heavy atom. The van der Waals surface area contributed by atoms with E-state index in [1.165, 1.54) is 35.6 Å². The first-order chi connectivity index (χ1) is 8.79. The van der Waals surface area contributed by atoms with Crippen molar-refractivity contribution in [2.24, 2.45) is 0 Å². The Hall–Kier alpha value is -1.75. The molecule has 1 aromatic carbocycles. The molecule has 2 N–H and O–H groups in total. The number of nitrogens with two attached hydrogens (primary N) is 1. The fourth-order valence-corrected chi connectivity index (χ4v) is 2.74. The molecule has 0 saturated heterocycles. The molecule has 0 saturated carbocycles. The second kappa shape index (κ2) is 4.74. The molecule has 3 nitrogen and oxygen atoms in total. The summed E-state index contributed by atoms with van der Waals surface area (Å²) in [7, 11) is 0. The lowest BCUT2D eigenvalue weighted by Gasteiger charge is -2.16.